The fraction of sp³-hybridized carbons (Fsp3) is 0.867. The summed E-state index contributed by atoms with van der Waals surface area (Å²) >= 11 is 0. The van der Waals surface area contributed by atoms with Gasteiger partial charge in [0, 0.05) is 0 Å². The van der Waals surface area contributed by atoms with Gasteiger partial charge in [0.05, 0.1) is 5.60 Å². The zero-order valence-corrected chi connectivity index (χ0v) is 11.3. The Bertz CT molecular complexity index is 304. The first-order valence-electron chi connectivity index (χ1n) is 6.74. The Morgan fingerprint density at radius 1 is 1.25 bits per heavy atom. The van der Waals surface area contributed by atoms with E-state index < -0.39 is 5.60 Å². The minimum atomic E-state index is -0.508. The van der Waals surface area contributed by atoms with Gasteiger partial charge in [-0.15, -0.1) is 0 Å². The molecule has 0 aromatic carbocycles. The van der Waals surface area contributed by atoms with Crippen molar-refractivity contribution in [2.45, 2.75) is 71.8 Å². The van der Waals surface area contributed by atoms with E-state index in [-0.39, 0.29) is 0 Å². The molecule has 0 bridgehead atoms. The number of aliphatic hydroxyl groups is 1. The van der Waals surface area contributed by atoms with E-state index in [9.17, 15) is 5.11 Å². The van der Waals surface area contributed by atoms with Crippen LogP contribution in [0.1, 0.15) is 66.2 Å². The van der Waals surface area contributed by atoms with Crippen molar-refractivity contribution in [2.75, 3.05) is 0 Å². The molecule has 1 N–H and O–H groups in total. The molecule has 0 aliphatic heterocycles. The second-order valence-corrected chi connectivity index (χ2v) is 6.91. The van der Waals surface area contributed by atoms with Crippen molar-refractivity contribution < 1.29 is 5.11 Å². The molecule has 1 heteroatoms. The quantitative estimate of drug-likeness (QED) is 0.663. The van der Waals surface area contributed by atoms with E-state index in [1.54, 1.807) is 11.1 Å². The van der Waals surface area contributed by atoms with E-state index >= 15 is 0 Å². The van der Waals surface area contributed by atoms with E-state index in [1.807, 2.05) is 13.8 Å². The van der Waals surface area contributed by atoms with Gasteiger partial charge in [0.25, 0.3) is 0 Å². The molecule has 0 aromatic rings. The SMILES string of the molecule is CC1(C)CCCC2=C1CC(C(C)(C)O)CC2. The van der Waals surface area contributed by atoms with Gasteiger partial charge in [-0.25, -0.2) is 0 Å². The smallest absolute Gasteiger partial charge is 0.0622 e. The fourth-order valence-corrected chi connectivity index (χ4v) is 3.52. The highest BCUT2D eigenvalue weighted by molar-refractivity contribution is 5.27. The highest BCUT2D eigenvalue weighted by Crippen LogP contribution is 2.49. The Labute approximate surface area is 99.9 Å². The van der Waals surface area contributed by atoms with Crippen molar-refractivity contribution in [2.24, 2.45) is 11.3 Å². The Morgan fingerprint density at radius 2 is 1.94 bits per heavy atom. The maximum atomic E-state index is 10.2. The van der Waals surface area contributed by atoms with Crippen LogP contribution in [0, 0.1) is 11.3 Å². The molecule has 0 fully saturated rings. The van der Waals surface area contributed by atoms with E-state index in [1.165, 1.54) is 32.1 Å². The third-order valence-corrected chi connectivity index (χ3v) is 4.77. The monoisotopic (exact) mass is 222 g/mol. The van der Waals surface area contributed by atoms with Gasteiger partial charge in [-0.3, -0.25) is 0 Å². The second kappa shape index (κ2) is 3.87. The standard InChI is InChI=1S/C15H26O/c1-14(2)9-5-6-11-7-8-12(10-13(11)14)15(3,4)16/h12,16H,5-10H2,1-4H3. The summed E-state index contributed by atoms with van der Waals surface area (Å²) in [5, 5.41) is 10.2. The van der Waals surface area contributed by atoms with Crippen molar-refractivity contribution in [3.63, 3.8) is 0 Å². The highest BCUT2D eigenvalue weighted by Gasteiger charge is 2.38. The molecule has 0 saturated heterocycles. The zero-order valence-electron chi connectivity index (χ0n) is 11.3. The number of rotatable bonds is 1. The van der Waals surface area contributed by atoms with Crippen LogP contribution in [-0.2, 0) is 0 Å². The fourth-order valence-electron chi connectivity index (χ4n) is 3.52. The summed E-state index contributed by atoms with van der Waals surface area (Å²) in [6.45, 7) is 8.71. The maximum absolute atomic E-state index is 10.2. The minimum absolute atomic E-state index is 0.386. The van der Waals surface area contributed by atoms with Crippen LogP contribution < -0.4 is 0 Å². The van der Waals surface area contributed by atoms with Crippen LogP contribution in [0.4, 0.5) is 0 Å². The lowest BCUT2D eigenvalue weighted by Crippen LogP contribution is -2.36. The Kier molecular flexibility index (Phi) is 2.94. The molecule has 1 nitrogen and oxygen atoms in total. The van der Waals surface area contributed by atoms with Gasteiger partial charge in [0.15, 0.2) is 0 Å². The summed E-state index contributed by atoms with van der Waals surface area (Å²) < 4.78 is 0. The van der Waals surface area contributed by atoms with Gasteiger partial charge in [0.2, 0.25) is 0 Å². The van der Waals surface area contributed by atoms with Gasteiger partial charge >= 0.3 is 0 Å². The van der Waals surface area contributed by atoms with Crippen molar-refractivity contribution in [3.8, 4) is 0 Å². The Balaban J connectivity index is 2.23. The van der Waals surface area contributed by atoms with Crippen molar-refractivity contribution >= 4 is 0 Å². The summed E-state index contributed by atoms with van der Waals surface area (Å²) in [4.78, 5) is 0. The molecule has 0 spiro atoms. The molecule has 92 valence electrons. The van der Waals surface area contributed by atoms with Crippen LogP contribution in [0.2, 0.25) is 0 Å². The van der Waals surface area contributed by atoms with E-state index in [0.717, 1.165) is 6.42 Å². The van der Waals surface area contributed by atoms with Crippen LogP contribution in [-0.4, -0.2) is 10.7 Å². The molecule has 0 radical (unpaired) electrons. The van der Waals surface area contributed by atoms with Crippen LogP contribution >= 0.6 is 0 Å². The number of allylic oxidation sites excluding steroid dienone is 2. The molecule has 1 atom stereocenters. The van der Waals surface area contributed by atoms with Crippen molar-refractivity contribution in [3.05, 3.63) is 11.1 Å². The van der Waals surface area contributed by atoms with Gasteiger partial charge in [-0.1, -0.05) is 25.0 Å². The van der Waals surface area contributed by atoms with Crippen molar-refractivity contribution in [1.82, 2.24) is 0 Å². The minimum Gasteiger partial charge on any atom is -0.390 e. The maximum Gasteiger partial charge on any atom is 0.0622 e. The van der Waals surface area contributed by atoms with Gasteiger partial charge in [-0.05, 0) is 63.7 Å². The lowest BCUT2D eigenvalue weighted by Gasteiger charge is -2.43. The first kappa shape index (κ1) is 12.2. The average molecular weight is 222 g/mol. The summed E-state index contributed by atoms with van der Waals surface area (Å²) in [6.07, 6.45) is 7.54. The molecule has 2 aliphatic rings. The van der Waals surface area contributed by atoms with E-state index in [0.29, 0.717) is 11.3 Å². The van der Waals surface area contributed by atoms with Crippen LogP contribution in [0.3, 0.4) is 0 Å². The molecule has 0 amide bonds. The average Bonchev–Trinajstić information content (AvgIpc) is 2.15. The van der Waals surface area contributed by atoms with Crippen LogP contribution in [0.15, 0.2) is 11.1 Å². The van der Waals surface area contributed by atoms with Crippen LogP contribution in [0.25, 0.3) is 0 Å². The van der Waals surface area contributed by atoms with Crippen molar-refractivity contribution in [1.29, 1.82) is 0 Å². The molecule has 0 aromatic heterocycles. The lowest BCUT2D eigenvalue weighted by molar-refractivity contribution is 0.00760. The van der Waals surface area contributed by atoms with Crippen LogP contribution in [0.5, 0.6) is 0 Å². The Hall–Kier alpha value is -0.300. The summed E-state index contributed by atoms with van der Waals surface area (Å²) in [6, 6.07) is 0. The predicted molar refractivity (Wildman–Crippen MR) is 68.3 cm³/mol. The van der Waals surface area contributed by atoms with E-state index in [2.05, 4.69) is 13.8 Å². The molecule has 0 heterocycles. The predicted octanol–water partition coefficient (Wildman–Crippen LogP) is 4.06. The number of hydrogen-bond donors (Lipinski definition) is 1. The first-order chi connectivity index (χ1) is 7.31. The van der Waals surface area contributed by atoms with Gasteiger partial charge < -0.3 is 5.11 Å². The third kappa shape index (κ3) is 2.20. The second-order valence-electron chi connectivity index (χ2n) is 6.91. The molecule has 0 saturated carbocycles. The molecule has 1 unspecified atom stereocenters. The largest absolute Gasteiger partial charge is 0.390 e. The lowest BCUT2D eigenvalue weighted by atomic mass is 9.63. The third-order valence-electron chi connectivity index (χ3n) is 4.77. The Morgan fingerprint density at radius 3 is 2.56 bits per heavy atom. The van der Waals surface area contributed by atoms with Gasteiger partial charge in [-0.2, -0.15) is 0 Å². The highest BCUT2D eigenvalue weighted by atomic mass is 16.3. The van der Waals surface area contributed by atoms with Gasteiger partial charge in [0.1, 0.15) is 0 Å². The van der Waals surface area contributed by atoms with E-state index in [4.69, 9.17) is 0 Å². The zero-order chi connectivity index (χ0) is 12.0. The topological polar surface area (TPSA) is 20.2 Å². The normalized spacial score (nSPS) is 30.2. The molecule has 2 aliphatic carbocycles. The molecule has 2 rings (SSSR count). The first-order valence-corrected chi connectivity index (χ1v) is 6.74. The summed E-state index contributed by atoms with van der Waals surface area (Å²) in [7, 11) is 0. The number of hydrogen-bond acceptors (Lipinski definition) is 1. The molecular formula is C15H26O. The molecule has 16 heavy (non-hydrogen) atoms. The summed E-state index contributed by atoms with van der Waals surface area (Å²) in [5.74, 6) is 0.462. The molecular weight excluding hydrogens is 196 g/mol. The summed E-state index contributed by atoms with van der Waals surface area (Å²) in [5.41, 5.74) is 3.28.